The summed E-state index contributed by atoms with van der Waals surface area (Å²) >= 11 is 0. The molecule has 0 aromatic heterocycles. The van der Waals surface area contributed by atoms with Gasteiger partial charge in [-0.1, -0.05) is 74.5 Å². The number of urea groups is 1. The average molecular weight is 498 g/mol. The van der Waals surface area contributed by atoms with Crippen molar-refractivity contribution in [3.05, 3.63) is 71.8 Å². The number of hydrogen-bond donors (Lipinski definition) is 1. The van der Waals surface area contributed by atoms with E-state index in [0.717, 1.165) is 10.5 Å². The maximum atomic E-state index is 13.8. The molecule has 2 atom stereocenters. The zero-order valence-electron chi connectivity index (χ0n) is 20.0. The van der Waals surface area contributed by atoms with Gasteiger partial charge in [-0.25, -0.2) is 13.2 Å². The van der Waals surface area contributed by atoms with Gasteiger partial charge >= 0.3 is 6.03 Å². The Labute approximate surface area is 206 Å². The van der Waals surface area contributed by atoms with Crippen LogP contribution in [0.2, 0.25) is 0 Å². The highest BCUT2D eigenvalue weighted by Gasteiger charge is 2.53. The van der Waals surface area contributed by atoms with Gasteiger partial charge in [0.25, 0.3) is 5.91 Å². The Hall–Kier alpha value is -3.20. The van der Waals surface area contributed by atoms with Crippen LogP contribution in [0.3, 0.4) is 0 Å². The number of nitrogens with zero attached hydrogens (tertiary/aromatic N) is 2. The first-order valence-corrected chi connectivity index (χ1v) is 13.7. The lowest BCUT2D eigenvalue weighted by Crippen LogP contribution is -2.50. The Morgan fingerprint density at radius 1 is 1.09 bits per heavy atom. The lowest BCUT2D eigenvalue weighted by molar-refractivity contribution is -0.140. The Morgan fingerprint density at radius 3 is 2.29 bits per heavy atom. The van der Waals surface area contributed by atoms with Crippen LogP contribution in [0.4, 0.5) is 4.79 Å². The molecule has 2 aromatic carbocycles. The Morgan fingerprint density at radius 2 is 1.71 bits per heavy atom. The minimum absolute atomic E-state index is 0.0386. The third-order valence-corrected chi connectivity index (χ3v) is 8.33. The molecule has 0 bridgehead atoms. The highest BCUT2D eigenvalue weighted by atomic mass is 32.2. The van der Waals surface area contributed by atoms with Crippen LogP contribution in [-0.4, -0.2) is 66.7 Å². The molecule has 2 aliphatic rings. The second kappa shape index (κ2) is 9.81. The van der Waals surface area contributed by atoms with Gasteiger partial charge in [-0.3, -0.25) is 14.5 Å². The summed E-state index contributed by atoms with van der Waals surface area (Å²) in [7, 11) is -3.20. The van der Waals surface area contributed by atoms with Gasteiger partial charge < -0.3 is 10.2 Å². The largest absolute Gasteiger partial charge is 0.337 e. The number of carbonyl (C=O) groups is 3. The number of rotatable bonds is 8. The lowest BCUT2D eigenvalue weighted by Gasteiger charge is -2.31. The maximum absolute atomic E-state index is 13.8. The topological polar surface area (TPSA) is 104 Å². The SMILES string of the molecule is CC(C)CN(C(=O)CN1C(=O)N[C@](Cc2ccccc2)(c2ccccc2)C1=O)[C@H]1CCS(=O)(=O)C1. The predicted octanol–water partition coefficient (Wildman–Crippen LogP) is 2.35. The van der Waals surface area contributed by atoms with Crippen molar-refractivity contribution in [2.75, 3.05) is 24.6 Å². The van der Waals surface area contributed by atoms with Crippen molar-refractivity contribution in [3.8, 4) is 0 Å². The number of benzene rings is 2. The van der Waals surface area contributed by atoms with Crippen LogP contribution in [0.5, 0.6) is 0 Å². The van der Waals surface area contributed by atoms with Crippen molar-refractivity contribution in [2.24, 2.45) is 5.92 Å². The monoisotopic (exact) mass is 497 g/mol. The summed E-state index contributed by atoms with van der Waals surface area (Å²) in [4.78, 5) is 42.8. The summed E-state index contributed by atoms with van der Waals surface area (Å²) in [5.41, 5.74) is 0.174. The van der Waals surface area contributed by atoms with E-state index in [1.54, 1.807) is 24.3 Å². The number of nitrogens with one attached hydrogen (secondary N) is 1. The number of hydrogen-bond acceptors (Lipinski definition) is 5. The van der Waals surface area contributed by atoms with E-state index in [9.17, 15) is 22.8 Å². The molecule has 0 unspecified atom stereocenters. The normalized spacial score (nSPS) is 23.5. The molecule has 2 heterocycles. The molecular formula is C26H31N3O5S. The molecule has 0 spiro atoms. The number of sulfone groups is 1. The molecule has 0 aliphatic carbocycles. The summed E-state index contributed by atoms with van der Waals surface area (Å²) < 4.78 is 24.1. The summed E-state index contributed by atoms with van der Waals surface area (Å²) in [6, 6.07) is 17.4. The van der Waals surface area contributed by atoms with Crippen molar-refractivity contribution in [3.63, 3.8) is 0 Å². The van der Waals surface area contributed by atoms with Crippen LogP contribution in [0.25, 0.3) is 0 Å². The fourth-order valence-corrected chi connectivity index (χ4v) is 6.64. The lowest BCUT2D eigenvalue weighted by atomic mass is 9.83. The van der Waals surface area contributed by atoms with Gasteiger partial charge in [0.1, 0.15) is 6.54 Å². The summed E-state index contributed by atoms with van der Waals surface area (Å²) in [6.45, 7) is 3.81. The second-order valence-electron chi connectivity index (χ2n) is 9.75. The van der Waals surface area contributed by atoms with Gasteiger partial charge in [0.05, 0.1) is 11.5 Å². The van der Waals surface area contributed by atoms with Gasteiger partial charge in [-0.05, 0) is 23.5 Å². The van der Waals surface area contributed by atoms with E-state index in [0.29, 0.717) is 18.5 Å². The quantitative estimate of drug-likeness (QED) is 0.564. The molecule has 4 rings (SSSR count). The maximum Gasteiger partial charge on any atom is 0.325 e. The molecule has 9 heteroatoms. The molecule has 2 aliphatic heterocycles. The molecular weight excluding hydrogens is 466 g/mol. The Kier molecular flexibility index (Phi) is 6.98. The van der Waals surface area contributed by atoms with Crippen LogP contribution in [0.1, 0.15) is 31.4 Å². The first-order valence-electron chi connectivity index (χ1n) is 11.8. The van der Waals surface area contributed by atoms with Crippen molar-refractivity contribution in [1.82, 2.24) is 15.1 Å². The second-order valence-corrected chi connectivity index (χ2v) is 12.0. The molecule has 2 saturated heterocycles. The van der Waals surface area contributed by atoms with Gasteiger partial charge in [0.2, 0.25) is 5.91 Å². The number of amides is 4. The zero-order chi connectivity index (χ0) is 25.2. The van der Waals surface area contributed by atoms with Gasteiger partial charge in [0, 0.05) is 19.0 Å². The molecule has 0 radical (unpaired) electrons. The van der Waals surface area contributed by atoms with E-state index >= 15 is 0 Å². The number of carbonyl (C=O) groups excluding carboxylic acids is 3. The smallest absolute Gasteiger partial charge is 0.325 e. The molecule has 186 valence electrons. The molecule has 1 N–H and O–H groups in total. The van der Waals surface area contributed by atoms with Crippen molar-refractivity contribution in [2.45, 2.75) is 38.3 Å². The minimum Gasteiger partial charge on any atom is -0.337 e. The Bertz CT molecular complexity index is 1200. The first kappa shape index (κ1) is 24.9. The van der Waals surface area contributed by atoms with Crippen LogP contribution >= 0.6 is 0 Å². The van der Waals surface area contributed by atoms with Crippen molar-refractivity contribution < 1.29 is 22.8 Å². The zero-order valence-corrected chi connectivity index (χ0v) is 20.8. The molecule has 2 aromatic rings. The minimum atomic E-state index is -3.20. The molecule has 35 heavy (non-hydrogen) atoms. The highest BCUT2D eigenvalue weighted by molar-refractivity contribution is 7.91. The van der Waals surface area contributed by atoms with E-state index < -0.39 is 45.8 Å². The van der Waals surface area contributed by atoms with Gasteiger partial charge in [-0.15, -0.1) is 0 Å². The van der Waals surface area contributed by atoms with Crippen LogP contribution in [0, 0.1) is 5.92 Å². The van der Waals surface area contributed by atoms with Crippen molar-refractivity contribution in [1.29, 1.82) is 0 Å². The molecule has 2 fully saturated rings. The third-order valence-electron chi connectivity index (χ3n) is 6.58. The van der Waals surface area contributed by atoms with E-state index in [-0.39, 0.29) is 23.8 Å². The van der Waals surface area contributed by atoms with Crippen LogP contribution in [0.15, 0.2) is 60.7 Å². The highest BCUT2D eigenvalue weighted by Crippen LogP contribution is 2.33. The molecule has 8 nitrogen and oxygen atoms in total. The molecule has 0 saturated carbocycles. The predicted molar refractivity (Wildman–Crippen MR) is 132 cm³/mol. The third kappa shape index (κ3) is 5.24. The summed E-state index contributed by atoms with van der Waals surface area (Å²) in [6.07, 6.45) is 0.604. The van der Waals surface area contributed by atoms with Crippen molar-refractivity contribution >= 4 is 27.7 Å². The first-order chi connectivity index (χ1) is 16.6. The fraction of sp³-hybridized carbons (Fsp3) is 0.423. The van der Waals surface area contributed by atoms with E-state index in [4.69, 9.17) is 0 Å². The van der Waals surface area contributed by atoms with Crippen LogP contribution in [-0.2, 0) is 31.4 Å². The van der Waals surface area contributed by atoms with E-state index in [1.807, 2.05) is 50.2 Å². The summed E-state index contributed by atoms with van der Waals surface area (Å²) in [5, 5.41) is 2.87. The van der Waals surface area contributed by atoms with E-state index in [2.05, 4.69) is 5.32 Å². The average Bonchev–Trinajstić information content (AvgIpc) is 3.30. The van der Waals surface area contributed by atoms with E-state index in [1.165, 1.54) is 4.90 Å². The van der Waals surface area contributed by atoms with Gasteiger partial charge in [-0.2, -0.15) is 0 Å². The van der Waals surface area contributed by atoms with Gasteiger partial charge in [0.15, 0.2) is 15.4 Å². The summed E-state index contributed by atoms with van der Waals surface area (Å²) in [5.74, 6) is -0.862. The number of imide groups is 1. The Balaban J connectivity index is 1.62. The molecule has 4 amide bonds. The van der Waals surface area contributed by atoms with Crippen LogP contribution < -0.4 is 5.32 Å². The fourth-order valence-electron chi connectivity index (χ4n) is 4.91. The standard InChI is InChI=1S/C26H31N3O5S/c1-19(2)16-28(22-13-14-35(33,34)18-22)23(30)17-29-24(31)26(27-25(29)32,21-11-7-4-8-12-21)15-20-9-5-3-6-10-20/h3-12,19,22H,13-18H2,1-2H3,(H,27,32)/t22-,26+/m0/s1.